The van der Waals surface area contributed by atoms with Gasteiger partial charge in [0.15, 0.2) is 0 Å². The fourth-order valence-electron chi connectivity index (χ4n) is 6.48. The van der Waals surface area contributed by atoms with Crippen LogP contribution in [0, 0.1) is 0 Å². The Hall–Kier alpha value is -6.03. The number of aromatic nitrogens is 3. The number of rotatable bonds is 11. The summed E-state index contributed by atoms with van der Waals surface area (Å²) < 4.78 is 13.7. The van der Waals surface area contributed by atoms with Gasteiger partial charge in [0.2, 0.25) is 5.91 Å². The second-order valence-electron chi connectivity index (χ2n) is 12.5. The number of fused-ring (bicyclic) bond motifs is 1. The predicted molar refractivity (Wildman–Crippen MR) is 190 cm³/mol. The number of para-hydroxylation sites is 3. The maximum atomic E-state index is 14.7. The molecular formula is C40H37N5O5. The van der Waals surface area contributed by atoms with Gasteiger partial charge >= 0.3 is 5.63 Å². The molecule has 0 bridgehead atoms. The molecule has 7 rings (SSSR count). The van der Waals surface area contributed by atoms with Crippen LogP contribution in [0.25, 0.3) is 11.0 Å². The maximum Gasteiger partial charge on any atom is 0.349 e. The third kappa shape index (κ3) is 7.34. The van der Waals surface area contributed by atoms with E-state index in [4.69, 9.17) is 9.15 Å². The maximum absolute atomic E-state index is 14.7. The monoisotopic (exact) mass is 667 g/mol. The zero-order valence-corrected chi connectivity index (χ0v) is 27.5. The Kier molecular flexibility index (Phi) is 9.77. The van der Waals surface area contributed by atoms with Crippen molar-refractivity contribution in [3.8, 4) is 5.75 Å². The van der Waals surface area contributed by atoms with Crippen molar-refractivity contribution >= 4 is 28.5 Å². The topological polar surface area (TPSA) is 120 Å². The SMILES string of the molecule is O=C(NC1CCCCC1)C(c1ccccc1OCc1cn(Cc2ccccc2)nn1)N(C(=O)c1cc2ccccc2oc1=O)c1ccccc1. The molecule has 4 aromatic carbocycles. The van der Waals surface area contributed by atoms with E-state index in [2.05, 4.69) is 15.6 Å². The highest BCUT2D eigenvalue weighted by atomic mass is 16.5. The van der Waals surface area contributed by atoms with Crippen LogP contribution in [-0.2, 0) is 17.9 Å². The molecule has 0 spiro atoms. The molecule has 1 fully saturated rings. The number of ether oxygens (including phenoxy) is 1. The molecule has 0 saturated heterocycles. The fourth-order valence-corrected chi connectivity index (χ4v) is 6.48. The number of anilines is 1. The Morgan fingerprint density at radius 1 is 0.880 bits per heavy atom. The summed E-state index contributed by atoms with van der Waals surface area (Å²) in [4.78, 5) is 44.0. The molecule has 1 saturated carbocycles. The van der Waals surface area contributed by atoms with E-state index in [9.17, 15) is 14.4 Å². The zero-order valence-electron chi connectivity index (χ0n) is 27.5. The number of carbonyl (C=O) groups is 2. The minimum absolute atomic E-state index is 0.0371. The van der Waals surface area contributed by atoms with Crippen LogP contribution >= 0.6 is 0 Å². The molecule has 252 valence electrons. The van der Waals surface area contributed by atoms with Crippen LogP contribution < -0.4 is 20.6 Å². The third-order valence-corrected chi connectivity index (χ3v) is 8.95. The first-order valence-electron chi connectivity index (χ1n) is 16.9. The Morgan fingerprint density at radius 3 is 2.38 bits per heavy atom. The Balaban J connectivity index is 1.26. The van der Waals surface area contributed by atoms with Crippen molar-refractivity contribution in [1.29, 1.82) is 0 Å². The number of carbonyl (C=O) groups excluding carboxylic acids is 2. The predicted octanol–water partition coefficient (Wildman–Crippen LogP) is 6.85. The summed E-state index contributed by atoms with van der Waals surface area (Å²) in [6.45, 7) is 0.640. The van der Waals surface area contributed by atoms with Crippen molar-refractivity contribution in [2.24, 2.45) is 0 Å². The molecule has 2 amide bonds. The minimum Gasteiger partial charge on any atom is -0.487 e. The molecule has 10 nitrogen and oxygen atoms in total. The van der Waals surface area contributed by atoms with Gasteiger partial charge in [0.25, 0.3) is 5.91 Å². The summed E-state index contributed by atoms with van der Waals surface area (Å²) in [6, 6.07) is 33.3. The van der Waals surface area contributed by atoms with Gasteiger partial charge in [0.1, 0.15) is 35.2 Å². The van der Waals surface area contributed by atoms with Gasteiger partial charge in [0, 0.05) is 22.7 Å². The second kappa shape index (κ2) is 15.0. The summed E-state index contributed by atoms with van der Waals surface area (Å²) in [5, 5.41) is 12.4. The molecule has 2 aromatic heterocycles. The number of benzene rings is 4. The smallest absolute Gasteiger partial charge is 0.349 e. The van der Waals surface area contributed by atoms with E-state index in [1.807, 2.05) is 48.7 Å². The number of nitrogens with one attached hydrogen (secondary N) is 1. The largest absolute Gasteiger partial charge is 0.487 e. The standard InChI is InChI=1S/C40H37N5O5/c46-38(41-30-17-6-2-7-18-30)37(33-21-11-13-23-36(33)49-27-31-26-44(43-42-31)25-28-14-4-1-5-15-28)45(32-19-8-3-9-20-32)39(47)34-24-29-16-10-12-22-35(29)50-40(34)48/h1,3-5,8-16,19-24,26,30,37H,2,6-7,17-18,25,27H2,(H,41,46). The summed E-state index contributed by atoms with van der Waals surface area (Å²) in [6.07, 6.45) is 6.67. The first kappa shape index (κ1) is 32.5. The van der Waals surface area contributed by atoms with Gasteiger partial charge in [-0.25, -0.2) is 9.48 Å². The lowest BCUT2D eigenvalue weighted by Crippen LogP contribution is -2.48. The van der Waals surface area contributed by atoms with Crippen LogP contribution in [0.3, 0.4) is 0 Å². The minimum atomic E-state index is -1.19. The molecule has 0 aliphatic heterocycles. The average molecular weight is 668 g/mol. The van der Waals surface area contributed by atoms with E-state index in [-0.39, 0.29) is 24.1 Å². The van der Waals surface area contributed by atoms with Crippen LogP contribution in [0.15, 0.2) is 131 Å². The van der Waals surface area contributed by atoms with Crippen LogP contribution in [-0.4, -0.2) is 32.9 Å². The summed E-state index contributed by atoms with van der Waals surface area (Å²) in [5.74, 6) is -0.643. The van der Waals surface area contributed by atoms with Crippen LogP contribution in [0.4, 0.5) is 5.69 Å². The van der Waals surface area contributed by atoms with Crippen molar-refractivity contribution in [3.05, 3.63) is 154 Å². The van der Waals surface area contributed by atoms with E-state index in [0.29, 0.717) is 40.2 Å². The third-order valence-electron chi connectivity index (χ3n) is 8.95. The second-order valence-corrected chi connectivity index (χ2v) is 12.5. The molecular weight excluding hydrogens is 630 g/mol. The molecule has 1 N–H and O–H groups in total. The van der Waals surface area contributed by atoms with E-state index >= 15 is 0 Å². The van der Waals surface area contributed by atoms with E-state index in [0.717, 1.165) is 37.7 Å². The zero-order chi connectivity index (χ0) is 34.3. The Bertz CT molecular complexity index is 2140. The lowest BCUT2D eigenvalue weighted by Gasteiger charge is -2.34. The Morgan fingerprint density at radius 2 is 1.58 bits per heavy atom. The molecule has 10 heteroatoms. The summed E-state index contributed by atoms with van der Waals surface area (Å²) >= 11 is 0. The number of hydrogen-bond acceptors (Lipinski definition) is 7. The molecule has 0 radical (unpaired) electrons. The Labute approximate surface area is 289 Å². The lowest BCUT2D eigenvalue weighted by molar-refractivity contribution is -0.123. The van der Waals surface area contributed by atoms with Gasteiger partial charge < -0.3 is 14.5 Å². The molecule has 1 atom stereocenters. The first-order valence-corrected chi connectivity index (χ1v) is 16.9. The normalized spacial score (nSPS) is 13.8. The van der Waals surface area contributed by atoms with Crippen molar-refractivity contribution in [3.63, 3.8) is 0 Å². The molecule has 1 unspecified atom stereocenters. The number of nitrogens with zero attached hydrogens (tertiary/aromatic N) is 4. The van der Waals surface area contributed by atoms with E-state index in [1.165, 1.54) is 11.0 Å². The van der Waals surface area contributed by atoms with Gasteiger partial charge in [-0.15, -0.1) is 5.10 Å². The van der Waals surface area contributed by atoms with Crippen molar-refractivity contribution in [2.45, 2.75) is 57.3 Å². The van der Waals surface area contributed by atoms with Crippen LogP contribution in [0.1, 0.15) is 65.3 Å². The summed E-state index contributed by atoms with van der Waals surface area (Å²) in [5.41, 5.74) is 1.98. The number of hydrogen-bond donors (Lipinski definition) is 1. The lowest BCUT2D eigenvalue weighted by atomic mass is 9.94. The van der Waals surface area contributed by atoms with Gasteiger partial charge in [0.05, 0.1) is 12.7 Å². The molecule has 50 heavy (non-hydrogen) atoms. The quantitative estimate of drug-likeness (QED) is 0.150. The van der Waals surface area contributed by atoms with Crippen LogP contribution in [0.5, 0.6) is 5.75 Å². The molecule has 2 heterocycles. The van der Waals surface area contributed by atoms with Crippen molar-refractivity contribution < 1.29 is 18.7 Å². The van der Waals surface area contributed by atoms with E-state index < -0.39 is 17.6 Å². The fraction of sp³-hybridized carbons (Fsp3) is 0.225. The van der Waals surface area contributed by atoms with Crippen LogP contribution in [0.2, 0.25) is 0 Å². The highest BCUT2D eigenvalue weighted by Gasteiger charge is 2.37. The molecule has 1 aliphatic carbocycles. The first-order chi connectivity index (χ1) is 24.5. The summed E-state index contributed by atoms with van der Waals surface area (Å²) in [7, 11) is 0. The van der Waals surface area contributed by atoms with Gasteiger partial charge in [-0.2, -0.15) is 0 Å². The van der Waals surface area contributed by atoms with Crippen molar-refractivity contribution in [1.82, 2.24) is 20.3 Å². The molecule has 6 aromatic rings. The number of amides is 2. The van der Waals surface area contributed by atoms with Crippen molar-refractivity contribution in [2.75, 3.05) is 4.90 Å². The van der Waals surface area contributed by atoms with E-state index in [1.54, 1.807) is 71.4 Å². The average Bonchev–Trinajstić information content (AvgIpc) is 3.60. The van der Waals surface area contributed by atoms with Gasteiger partial charge in [-0.05, 0) is 48.7 Å². The highest BCUT2D eigenvalue weighted by molar-refractivity contribution is 6.11. The van der Waals surface area contributed by atoms with Gasteiger partial charge in [-0.1, -0.05) is 109 Å². The highest BCUT2D eigenvalue weighted by Crippen LogP contribution is 2.35. The van der Waals surface area contributed by atoms with Gasteiger partial charge in [-0.3, -0.25) is 14.5 Å². The molecule has 1 aliphatic rings.